The fourth-order valence-corrected chi connectivity index (χ4v) is 4.92. The molecule has 28 heavy (non-hydrogen) atoms. The standard InChI is InChI=1S/C20H25F3N2O3/c21-20(22,23)28-14-5-3-4-13(8-14)18(26)24-9-15-16-10-25(11-17(15)16)12-19(27)6-1-2-7-19/h3-5,8,15-17,27H,1-2,6-7,9-12H2,(H,24,26). The molecule has 0 aromatic heterocycles. The van der Waals surface area contributed by atoms with Crippen LogP contribution in [0.5, 0.6) is 5.75 Å². The Bertz CT molecular complexity index is 722. The van der Waals surface area contributed by atoms with Crippen molar-refractivity contribution in [3.8, 4) is 5.75 Å². The Morgan fingerprint density at radius 3 is 2.57 bits per heavy atom. The van der Waals surface area contributed by atoms with Gasteiger partial charge in [-0.05, 0) is 48.8 Å². The zero-order chi connectivity index (χ0) is 19.9. The number of nitrogens with zero attached hydrogens (tertiary/aromatic N) is 1. The summed E-state index contributed by atoms with van der Waals surface area (Å²) in [5.41, 5.74) is -0.373. The third-order valence-electron chi connectivity index (χ3n) is 6.33. The summed E-state index contributed by atoms with van der Waals surface area (Å²) in [6.07, 6.45) is -0.814. The molecule has 4 rings (SSSR count). The van der Waals surface area contributed by atoms with Crippen molar-refractivity contribution in [1.82, 2.24) is 10.2 Å². The first-order valence-corrected chi connectivity index (χ1v) is 9.81. The first kappa shape index (κ1) is 19.5. The van der Waals surface area contributed by atoms with Crippen LogP contribution in [0.4, 0.5) is 13.2 Å². The average Bonchev–Trinajstić information content (AvgIpc) is 2.95. The molecule has 8 heteroatoms. The number of hydrogen-bond donors (Lipinski definition) is 2. The van der Waals surface area contributed by atoms with Crippen LogP contribution in [-0.4, -0.2) is 54.1 Å². The molecule has 2 unspecified atom stereocenters. The lowest BCUT2D eigenvalue weighted by atomic mass is 10.0. The number of nitrogens with one attached hydrogen (secondary N) is 1. The van der Waals surface area contributed by atoms with Crippen LogP contribution in [0.15, 0.2) is 24.3 Å². The second kappa shape index (κ2) is 7.22. The summed E-state index contributed by atoms with van der Waals surface area (Å²) in [6.45, 7) is 3.16. The Morgan fingerprint density at radius 2 is 1.93 bits per heavy atom. The van der Waals surface area contributed by atoms with Gasteiger partial charge in [0.15, 0.2) is 0 Å². The van der Waals surface area contributed by atoms with E-state index in [4.69, 9.17) is 0 Å². The van der Waals surface area contributed by atoms with E-state index in [0.717, 1.165) is 51.4 Å². The van der Waals surface area contributed by atoms with Gasteiger partial charge in [0.2, 0.25) is 0 Å². The Labute approximate surface area is 161 Å². The maximum Gasteiger partial charge on any atom is 0.573 e. The van der Waals surface area contributed by atoms with E-state index in [-0.39, 0.29) is 5.56 Å². The minimum absolute atomic E-state index is 0.151. The zero-order valence-corrected chi connectivity index (χ0v) is 15.5. The first-order valence-electron chi connectivity index (χ1n) is 9.81. The summed E-state index contributed by atoms with van der Waals surface area (Å²) in [5.74, 6) is 0.682. The maximum atomic E-state index is 12.3. The highest BCUT2D eigenvalue weighted by atomic mass is 19.4. The van der Waals surface area contributed by atoms with Gasteiger partial charge in [0.05, 0.1) is 5.60 Å². The molecule has 0 radical (unpaired) electrons. The molecule has 1 heterocycles. The van der Waals surface area contributed by atoms with Gasteiger partial charge in [0.1, 0.15) is 5.75 Å². The topological polar surface area (TPSA) is 61.8 Å². The van der Waals surface area contributed by atoms with Gasteiger partial charge in [0.25, 0.3) is 5.91 Å². The number of aliphatic hydroxyl groups is 1. The summed E-state index contributed by atoms with van der Waals surface area (Å²) < 4.78 is 40.8. The number of benzene rings is 1. The Balaban J connectivity index is 1.23. The molecule has 0 bridgehead atoms. The van der Waals surface area contributed by atoms with Crippen molar-refractivity contribution >= 4 is 5.91 Å². The number of carbonyl (C=O) groups is 1. The molecular weight excluding hydrogens is 373 g/mol. The van der Waals surface area contributed by atoms with Gasteiger partial charge in [-0.3, -0.25) is 9.69 Å². The quantitative estimate of drug-likeness (QED) is 0.774. The van der Waals surface area contributed by atoms with E-state index in [9.17, 15) is 23.1 Å². The van der Waals surface area contributed by atoms with Crippen LogP contribution in [0.25, 0.3) is 0 Å². The van der Waals surface area contributed by atoms with Gasteiger partial charge < -0.3 is 15.2 Å². The van der Waals surface area contributed by atoms with Crippen LogP contribution < -0.4 is 10.1 Å². The van der Waals surface area contributed by atoms with Gasteiger partial charge in [-0.2, -0.15) is 0 Å². The lowest BCUT2D eigenvalue weighted by Gasteiger charge is -2.29. The van der Waals surface area contributed by atoms with Crippen LogP contribution in [-0.2, 0) is 0 Å². The fraction of sp³-hybridized carbons (Fsp3) is 0.650. The van der Waals surface area contributed by atoms with E-state index in [0.29, 0.717) is 24.3 Å². The molecule has 1 saturated heterocycles. The molecule has 1 aliphatic heterocycles. The molecule has 0 spiro atoms. The van der Waals surface area contributed by atoms with Crippen molar-refractivity contribution in [3.05, 3.63) is 29.8 Å². The summed E-state index contributed by atoms with van der Waals surface area (Å²) in [6, 6.07) is 5.10. The number of hydrogen-bond acceptors (Lipinski definition) is 4. The molecule has 3 fully saturated rings. The number of fused-ring (bicyclic) bond motifs is 1. The minimum Gasteiger partial charge on any atom is -0.406 e. The number of carbonyl (C=O) groups excluding carboxylic acids is 1. The highest BCUT2D eigenvalue weighted by molar-refractivity contribution is 5.94. The highest BCUT2D eigenvalue weighted by Gasteiger charge is 2.56. The minimum atomic E-state index is -4.78. The van der Waals surface area contributed by atoms with E-state index in [1.807, 2.05) is 0 Å². The SMILES string of the molecule is O=C(NCC1C2CN(CC3(O)CCCC3)CC12)c1cccc(OC(F)(F)F)c1. The van der Waals surface area contributed by atoms with E-state index in [2.05, 4.69) is 15.0 Å². The number of halogens is 3. The van der Waals surface area contributed by atoms with Gasteiger partial charge in [-0.1, -0.05) is 18.9 Å². The number of ether oxygens (including phenoxy) is 1. The first-order chi connectivity index (χ1) is 13.2. The number of alkyl halides is 3. The van der Waals surface area contributed by atoms with E-state index >= 15 is 0 Å². The smallest absolute Gasteiger partial charge is 0.406 e. The second-order valence-electron chi connectivity index (χ2n) is 8.40. The van der Waals surface area contributed by atoms with Crippen LogP contribution in [0, 0.1) is 17.8 Å². The molecule has 1 aromatic rings. The number of β-amino-alcohol motifs (C(OH)–C–C–N with tert-alkyl or cyclic N) is 1. The summed E-state index contributed by atoms with van der Waals surface area (Å²) in [4.78, 5) is 14.6. The Hall–Kier alpha value is -1.80. The number of amides is 1. The summed E-state index contributed by atoms with van der Waals surface area (Å²) >= 11 is 0. The van der Waals surface area contributed by atoms with Crippen LogP contribution in [0.1, 0.15) is 36.0 Å². The predicted molar refractivity (Wildman–Crippen MR) is 95.8 cm³/mol. The van der Waals surface area contributed by atoms with E-state index in [1.54, 1.807) is 0 Å². The van der Waals surface area contributed by atoms with Crippen LogP contribution >= 0.6 is 0 Å². The summed E-state index contributed by atoms with van der Waals surface area (Å²) in [5, 5.41) is 13.4. The predicted octanol–water partition coefficient (Wildman–Crippen LogP) is 2.80. The van der Waals surface area contributed by atoms with Gasteiger partial charge in [-0.25, -0.2) is 0 Å². The number of piperidine rings is 1. The summed E-state index contributed by atoms with van der Waals surface area (Å²) in [7, 11) is 0. The number of rotatable bonds is 6. The van der Waals surface area contributed by atoms with Gasteiger partial charge in [-0.15, -0.1) is 13.2 Å². The largest absolute Gasteiger partial charge is 0.573 e. The fourth-order valence-electron chi connectivity index (χ4n) is 4.92. The normalized spacial score (nSPS) is 28.8. The van der Waals surface area contributed by atoms with Crippen molar-refractivity contribution < 1.29 is 27.8 Å². The maximum absolute atomic E-state index is 12.3. The molecule has 2 atom stereocenters. The molecular formula is C20H25F3N2O3. The second-order valence-corrected chi connectivity index (χ2v) is 8.40. The van der Waals surface area contributed by atoms with Crippen molar-refractivity contribution in [2.75, 3.05) is 26.2 Å². The third kappa shape index (κ3) is 4.43. The lowest BCUT2D eigenvalue weighted by molar-refractivity contribution is -0.274. The van der Waals surface area contributed by atoms with Gasteiger partial charge >= 0.3 is 6.36 Å². The average molecular weight is 398 g/mol. The molecule has 1 amide bonds. The molecule has 5 nitrogen and oxygen atoms in total. The molecule has 154 valence electrons. The van der Waals surface area contributed by atoms with Gasteiger partial charge in [0, 0.05) is 31.7 Å². The highest BCUT2D eigenvalue weighted by Crippen LogP contribution is 2.51. The molecule has 1 aromatic carbocycles. The molecule has 2 saturated carbocycles. The Morgan fingerprint density at radius 1 is 1.25 bits per heavy atom. The lowest BCUT2D eigenvalue weighted by Crippen LogP contribution is -2.41. The molecule has 2 N–H and O–H groups in total. The van der Waals surface area contributed by atoms with E-state index in [1.165, 1.54) is 18.2 Å². The van der Waals surface area contributed by atoms with E-state index < -0.39 is 23.6 Å². The monoisotopic (exact) mass is 398 g/mol. The van der Waals surface area contributed by atoms with Crippen molar-refractivity contribution in [2.24, 2.45) is 17.8 Å². The van der Waals surface area contributed by atoms with Crippen LogP contribution in [0.2, 0.25) is 0 Å². The zero-order valence-electron chi connectivity index (χ0n) is 15.5. The Kier molecular flexibility index (Phi) is 5.03. The van der Waals surface area contributed by atoms with Crippen molar-refractivity contribution in [1.29, 1.82) is 0 Å². The molecule has 3 aliphatic rings. The van der Waals surface area contributed by atoms with Crippen molar-refractivity contribution in [3.63, 3.8) is 0 Å². The van der Waals surface area contributed by atoms with Crippen LogP contribution in [0.3, 0.4) is 0 Å². The number of likely N-dealkylation sites (tertiary alicyclic amines) is 1. The van der Waals surface area contributed by atoms with Crippen molar-refractivity contribution in [2.45, 2.75) is 37.6 Å². The third-order valence-corrected chi connectivity index (χ3v) is 6.33. The molecule has 2 aliphatic carbocycles.